The molecule has 6 heteroatoms. The summed E-state index contributed by atoms with van der Waals surface area (Å²) in [5.41, 5.74) is 0. The Bertz CT molecular complexity index is 554. The van der Waals surface area contributed by atoms with E-state index < -0.39 is 6.04 Å². The molecule has 1 aromatic heterocycles. The van der Waals surface area contributed by atoms with Gasteiger partial charge in [0.05, 0.1) is 6.26 Å². The van der Waals surface area contributed by atoms with Crippen LogP contribution in [-0.4, -0.2) is 48.4 Å². The van der Waals surface area contributed by atoms with Crippen LogP contribution in [0.15, 0.2) is 22.8 Å². The molecular formula is C19H31N3O3. The Labute approximate surface area is 150 Å². The highest BCUT2D eigenvalue weighted by molar-refractivity contribution is 5.95. The maximum absolute atomic E-state index is 12.6. The van der Waals surface area contributed by atoms with Crippen molar-refractivity contribution in [1.82, 2.24) is 15.5 Å². The molecule has 2 amide bonds. The first-order chi connectivity index (χ1) is 11.9. The van der Waals surface area contributed by atoms with Crippen molar-refractivity contribution in [2.75, 3.05) is 19.6 Å². The molecule has 1 saturated heterocycles. The summed E-state index contributed by atoms with van der Waals surface area (Å²) in [6.07, 6.45) is 3.75. The number of hydrogen-bond donors (Lipinski definition) is 2. The number of piperidine rings is 1. The minimum absolute atomic E-state index is 0.00238. The molecule has 0 unspecified atom stereocenters. The molecule has 0 bridgehead atoms. The summed E-state index contributed by atoms with van der Waals surface area (Å²) >= 11 is 0. The van der Waals surface area contributed by atoms with Crippen LogP contribution >= 0.6 is 0 Å². The summed E-state index contributed by atoms with van der Waals surface area (Å²) in [5, 5.41) is 5.81. The van der Waals surface area contributed by atoms with Gasteiger partial charge in [-0.05, 0) is 57.2 Å². The number of carbonyl (C=O) groups is 2. The zero-order chi connectivity index (χ0) is 18.4. The number of hydrogen-bond acceptors (Lipinski definition) is 4. The Morgan fingerprint density at radius 1 is 1.32 bits per heavy atom. The summed E-state index contributed by atoms with van der Waals surface area (Å²) < 4.78 is 5.10. The first kappa shape index (κ1) is 19.5. The zero-order valence-corrected chi connectivity index (χ0v) is 15.7. The van der Waals surface area contributed by atoms with Crippen molar-refractivity contribution in [2.24, 2.45) is 11.8 Å². The number of carbonyl (C=O) groups excluding carboxylic acids is 2. The minimum Gasteiger partial charge on any atom is -0.459 e. The molecule has 2 atom stereocenters. The van der Waals surface area contributed by atoms with E-state index in [1.54, 1.807) is 12.1 Å². The average molecular weight is 349 g/mol. The van der Waals surface area contributed by atoms with Gasteiger partial charge in [0.15, 0.2) is 5.76 Å². The van der Waals surface area contributed by atoms with E-state index in [9.17, 15) is 9.59 Å². The van der Waals surface area contributed by atoms with Crippen LogP contribution in [0.1, 0.15) is 51.1 Å². The largest absolute Gasteiger partial charge is 0.459 e. The van der Waals surface area contributed by atoms with Crippen LogP contribution in [0.5, 0.6) is 0 Å². The lowest BCUT2D eigenvalue weighted by molar-refractivity contribution is -0.124. The van der Waals surface area contributed by atoms with E-state index in [0.717, 1.165) is 19.5 Å². The second-order valence-electron chi connectivity index (χ2n) is 7.51. The fraction of sp³-hybridized carbons (Fsp3) is 0.684. The summed E-state index contributed by atoms with van der Waals surface area (Å²) in [6, 6.07) is 3.22. The van der Waals surface area contributed by atoms with Crippen LogP contribution in [0.2, 0.25) is 0 Å². The first-order valence-electron chi connectivity index (χ1n) is 9.24. The molecule has 1 fully saturated rings. The highest BCUT2D eigenvalue weighted by atomic mass is 16.3. The predicted molar refractivity (Wildman–Crippen MR) is 97.2 cm³/mol. The van der Waals surface area contributed by atoms with Gasteiger partial charge < -0.3 is 20.0 Å². The Hall–Kier alpha value is -1.82. The van der Waals surface area contributed by atoms with Crippen LogP contribution in [0, 0.1) is 11.8 Å². The molecule has 0 spiro atoms. The molecule has 2 N–H and O–H groups in total. The lowest BCUT2D eigenvalue weighted by Crippen LogP contribution is -2.51. The quantitative estimate of drug-likeness (QED) is 0.792. The molecule has 2 rings (SSSR count). The lowest BCUT2D eigenvalue weighted by Gasteiger charge is -2.35. The van der Waals surface area contributed by atoms with Gasteiger partial charge in [-0.15, -0.1) is 0 Å². The minimum atomic E-state index is -0.567. The summed E-state index contributed by atoms with van der Waals surface area (Å²) in [4.78, 5) is 27.2. The highest BCUT2D eigenvalue weighted by Gasteiger charge is 2.27. The van der Waals surface area contributed by atoms with Crippen molar-refractivity contribution >= 4 is 11.8 Å². The molecule has 2 heterocycles. The number of amides is 2. The van der Waals surface area contributed by atoms with Gasteiger partial charge in [-0.1, -0.05) is 13.8 Å². The number of nitrogens with one attached hydrogen (secondary N) is 2. The van der Waals surface area contributed by atoms with Gasteiger partial charge >= 0.3 is 0 Å². The van der Waals surface area contributed by atoms with Crippen molar-refractivity contribution in [3.05, 3.63) is 24.2 Å². The molecule has 0 aromatic carbocycles. The molecule has 25 heavy (non-hydrogen) atoms. The third-order valence-corrected chi connectivity index (χ3v) is 4.83. The number of nitrogens with zero attached hydrogens (tertiary/aromatic N) is 1. The van der Waals surface area contributed by atoms with Crippen LogP contribution < -0.4 is 10.6 Å². The molecule has 0 aliphatic carbocycles. The van der Waals surface area contributed by atoms with E-state index in [4.69, 9.17) is 4.42 Å². The third-order valence-electron chi connectivity index (χ3n) is 4.83. The Morgan fingerprint density at radius 3 is 2.68 bits per heavy atom. The van der Waals surface area contributed by atoms with Crippen LogP contribution in [0.25, 0.3) is 0 Å². The van der Waals surface area contributed by atoms with E-state index in [1.807, 2.05) is 13.8 Å². The number of furan rings is 1. The average Bonchev–Trinajstić information content (AvgIpc) is 3.12. The van der Waals surface area contributed by atoms with Crippen molar-refractivity contribution in [1.29, 1.82) is 0 Å². The molecule has 1 aliphatic rings. The molecule has 1 aromatic rings. The summed E-state index contributed by atoms with van der Waals surface area (Å²) in [7, 11) is 0. The van der Waals surface area contributed by atoms with E-state index in [1.165, 1.54) is 12.7 Å². The molecular weight excluding hydrogens is 318 g/mol. The van der Waals surface area contributed by atoms with Crippen LogP contribution in [0.3, 0.4) is 0 Å². The zero-order valence-electron chi connectivity index (χ0n) is 15.7. The van der Waals surface area contributed by atoms with E-state index >= 15 is 0 Å². The second-order valence-corrected chi connectivity index (χ2v) is 7.51. The summed E-state index contributed by atoms with van der Waals surface area (Å²) in [5.74, 6) is 0.198. The Balaban J connectivity index is 1.86. The fourth-order valence-electron chi connectivity index (χ4n) is 3.24. The van der Waals surface area contributed by atoms with Gasteiger partial charge in [0.2, 0.25) is 5.91 Å². The van der Waals surface area contributed by atoms with Gasteiger partial charge in [-0.3, -0.25) is 9.59 Å². The van der Waals surface area contributed by atoms with E-state index in [-0.39, 0.29) is 23.5 Å². The smallest absolute Gasteiger partial charge is 0.287 e. The molecule has 6 nitrogen and oxygen atoms in total. The molecule has 0 radical (unpaired) electrons. The maximum atomic E-state index is 12.6. The highest BCUT2D eigenvalue weighted by Crippen LogP contribution is 2.18. The number of likely N-dealkylation sites (tertiary alicyclic amines) is 1. The van der Waals surface area contributed by atoms with E-state index in [2.05, 4.69) is 29.4 Å². The van der Waals surface area contributed by atoms with Crippen molar-refractivity contribution in [3.63, 3.8) is 0 Å². The standard InChI is InChI=1S/C19H31N3O3/c1-13(2)17(21-18(23)16-8-6-10-25-16)19(24)20-11-15-7-5-9-22(12-15)14(3)4/h6,8,10,13-15,17H,5,7,9,11-12H2,1-4H3,(H,20,24)(H,21,23)/t15-,17-/m1/s1. The third kappa shape index (κ3) is 5.59. The van der Waals surface area contributed by atoms with Gasteiger partial charge in [0.1, 0.15) is 6.04 Å². The fourth-order valence-corrected chi connectivity index (χ4v) is 3.24. The van der Waals surface area contributed by atoms with Gasteiger partial charge in [0.25, 0.3) is 5.91 Å². The summed E-state index contributed by atoms with van der Waals surface area (Å²) in [6.45, 7) is 11.1. The Kier molecular flexibility index (Phi) is 7.05. The van der Waals surface area contributed by atoms with Gasteiger partial charge in [-0.25, -0.2) is 0 Å². The topological polar surface area (TPSA) is 74.6 Å². The molecule has 0 saturated carbocycles. The van der Waals surface area contributed by atoms with E-state index in [0.29, 0.717) is 18.5 Å². The first-order valence-corrected chi connectivity index (χ1v) is 9.24. The maximum Gasteiger partial charge on any atom is 0.287 e. The Morgan fingerprint density at radius 2 is 2.08 bits per heavy atom. The van der Waals surface area contributed by atoms with Crippen molar-refractivity contribution in [2.45, 2.75) is 52.6 Å². The lowest BCUT2D eigenvalue weighted by atomic mass is 9.96. The van der Waals surface area contributed by atoms with Gasteiger partial charge in [0, 0.05) is 19.1 Å². The number of rotatable bonds is 7. The monoisotopic (exact) mass is 349 g/mol. The van der Waals surface area contributed by atoms with Crippen molar-refractivity contribution < 1.29 is 14.0 Å². The normalized spacial score (nSPS) is 19.8. The molecule has 1 aliphatic heterocycles. The van der Waals surface area contributed by atoms with Gasteiger partial charge in [-0.2, -0.15) is 0 Å². The van der Waals surface area contributed by atoms with Crippen LogP contribution in [-0.2, 0) is 4.79 Å². The van der Waals surface area contributed by atoms with Crippen molar-refractivity contribution in [3.8, 4) is 0 Å². The van der Waals surface area contributed by atoms with Crippen LogP contribution in [0.4, 0.5) is 0 Å². The molecule has 140 valence electrons. The SMILES string of the molecule is CC(C)[C@@H](NC(=O)c1ccco1)C(=O)NC[C@H]1CCCN(C(C)C)C1. The second kappa shape index (κ2) is 9.04. The predicted octanol–water partition coefficient (Wildman–Crippen LogP) is 2.27.